The van der Waals surface area contributed by atoms with Gasteiger partial charge in [-0.1, -0.05) is 15.9 Å². The molecule has 2 nitrogen and oxygen atoms in total. The Bertz CT molecular complexity index is 566. The number of nitrogens with two attached hydrogens (primary N) is 1. The Kier molecular flexibility index (Phi) is 4.14. The summed E-state index contributed by atoms with van der Waals surface area (Å²) in [6.07, 6.45) is 0. The van der Waals surface area contributed by atoms with Crippen molar-refractivity contribution < 1.29 is 8.60 Å². The van der Waals surface area contributed by atoms with Crippen molar-refractivity contribution in [2.75, 3.05) is 5.73 Å². The molecule has 94 valence electrons. The zero-order chi connectivity index (χ0) is 13.1. The van der Waals surface area contributed by atoms with Crippen molar-refractivity contribution in [3.63, 3.8) is 0 Å². The van der Waals surface area contributed by atoms with E-state index < -0.39 is 10.8 Å². The van der Waals surface area contributed by atoms with Gasteiger partial charge in [-0.15, -0.1) is 0 Å². The van der Waals surface area contributed by atoms with Gasteiger partial charge >= 0.3 is 0 Å². The van der Waals surface area contributed by atoms with Crippen LogP contribution in [0.4, 0.5) is 10.1 Å². The van der Waals surface area contributed by atoms with E-state index in [0.717, 1.165) is 10.0 Å². The molecule has 0 aliphatic heterocycles. The minimum atomic E-state index is -1.20. The largest absolute Gasteiger partial charge is 0.399 e. The molecule has 0 bridgehead atoms. The average Bonchev–Trinajstić information content (AvgIpc) is 2.28. The van der Waals surface area contributed by atoms with Gasteiger partial charge in [0.05, 0.1) is 16.6 Å². The van der Waals surface area contributed by atoms with E-state index in [-0.39, 0.29) is 5.82 Å². The van der Waals surface area contributed by atoms with E-state index in [0.29, 0.717) is 16.3 Å². The summed E-state index contributed by atoms with van der Waals surface area (Å²) in [5, 5.41) is 0. The molecular weight excluding hydrogens is 317 g/mol. The van der Waals surface area contributed by atoms with E-state index in [2.05, 4.69) is 15.9 Å². The lowest BCUT2D eigenvalue weighted by molar-refractivity contribution is 0.626. The fourth-order valence-electron chi connectivity index (χ4n) is 1.58. The Labute approximate surface area is 116 Å². The molecule has 0 saturated heterocycles. The minimum absolute atomic E-state index is 0.331. The third-order valence-corrected chi connectivity index (χ3v) is 4.21. The lowest BCUT2D eigenvalue weighted by Crippen LogP contribution is -1.98. The second-order valence-corrected chi connectivity index (χ2v) is 6.20. The number of rotatable bonds is 3. The van der Waals surface area contributed by atoms with E-state index in [4.69, 9.17) is 5.73 Å². The van der Waals surface area contributed by atoms with Crippen molar-refractivity contribution in [3.05, 3.63) is 58.3 Å². The third-order valence-electron chi connectivity index (χ3n) is 2.35. The molecule has 0 radical (unpaired) electrons. The molecule has 0 heterocycles. The van der Waals surface area contributed by atoms with E-state index in [1.165, 1.54) is 24.3 Å². The summed E-state index contributed by atoms with van der Waals surface area (Å²) in [7, 11) is -1.20. The molecule has 5 heteroatoms. The molecule has 0 spiro atoms. The van der Waals surface area contributed by atoms with E-state index in [1.807, 2.05) is 6.07 Å². The number of hydrogen-bond acceptors (Lipinski definition) is 2. The van der Waals surface area contributed by atoms with Crippen LogP contribution >= 0.6 is 15.9 Å². The van der Waals surface area contributed by atoms with E-state index in [9.17, 15) is 8.60 Å². The zero-order valence-electron chi connectivity index (χ0n) is 9.40. The molecule has 0 fully saturated rings. The Balaban J connectivity index is 2.18. The van der Waals surface area contributed by atoms with Gasteiger partial charge in [-0.25, -0.2) is 4.39 Å². The summed E-state index contributed by atoms with van der Waals surface area (Å²) >= 11 is 3.34. The molecule has 0 aromatic heterocycles. The van der Waals surface area contributed by atoms with Gasteiger partial charge in [-0.2, -0.15) is 0 Å². The van der Waals surface area contributed by atoms with Crippen LogP contribution in [0.3, 0.4) is 0 Å². The smallest absolute Gasteiger partial charge is 0.123 e. The fourth-order valence-corrected chi connectivity index (χ4v) is 3.21. The van der Waals surface area contributed by atoms with Crippen LogP contribution in [0, 0.1) is 5.82 Å². The van der Waals surface area contributed by atoms with Gasteiger partial charge in [0.25, 0.3) is 0 Å². The lowest BCUT2D eigenvalue weighted by Gasteiger charge is -2.05. The summed E-state index contributed by atoms with van der Waals surface area (Å²) in [5.74, 6) is 0.0254. The second-order valence-electron chi connectivity index (χ2n) is 3.84. The van der Waals surface area contributed by atoms with Crippen molar-refractivity contribution in [1.82, 2.24) is 0 Å². The summed E-state index contributed by atoms with van der Waals surface area (Å²) in [5.41, 5.74) is 7.22. The Hall–Kier alpha value is -1.20. The van der Waals surface area contributed by atoms with Crippen LogP contribution in [0.1, 0.15) is 5.56 Å². The molecule has 1 atom stereocenters. The van der Waals surface area contributed by atoms with Crippen LogP contribution in [0.15, 0.2) is 51.8 Å². The topological polar surface area (TPSA) is 43.1 Å². The average molecular weight is 328 g/mol. The number of hydrogen-bond donors (Lipinski definition) is 1. The van der Waals surface area contributed by atoms with E-state index in [1.54, 1.807) is 12.1 Å². The lowest BCUT2D eigenvalue weighted by atomic mass is 10.2. The van der Waals surface area contributed by atoms with Crippen LogP contribution in [0.25, 0.3) is 0 Å². The Morgan fingerprint density at radius 1 is 1.17 bits per heavy atom. The maximum Gasteiger partial charge on any atom is 0.123 e. The molecule has 0 saturated carbocycles. The molecule has 18 heavy (non-hydrogen) atoms. The molecule has 2 N–H and O–H groups in total. The van der Waals surface area contributed by atoms with Gasteiger partial charge in [-0.3, -0.25) is 4.21 Å². The Morgan fingerprint density at radius 2 is 1.83 bits per heavy atom. The summed E-state index contributed by atoms with van der Waals surface area (Å²) < 4.78 is 25.7. The number of halogens is 2. The van der Waals surface area contributed by atoms with Crippen molar-refractivity contribution in [2.24, 2.45) is 0 Å². The van der Waals surface area contributed by atoms with Crippen molar-refractivity contribution in [1.29, 1.82) is 0 Å². The highest BCUT2D eigenvalue weighted by molar-refractivity contribution is 9.10. The molecule has 2 aromatic rings. The van der Waals surface area contributed by atoms with Crippen LogP contribution in [0.2, 0.25) is 0 Å². The molecule has 1 unspecified atom stereocenters. The van der Waals surface area contributed by atoms with Gasteiger partial charge in [0, 0.05) is 15.1 Å². The zero-order valence-corrected chi connectivity index (χ0v) is 11.8. The second kappa shape index (κ2) is 5.63. The SMILES string of the molecule is Nc1cc(Br)cc(CS(=O)c2ccc(F)cc2)c1. The van der Waals surface area contributed by atoms with Crippen molar-refractivity contribution >= 4 is 32.4 Å². The van der Waals surface area contributed by atoms with Gasteiger partial charge in [0.2, 0.25) is 0 Å². The summed E-state index contributed by atoms with van der Waals surface area (Å²) in [6.45, 7) is 0. The molecule has 2 aromatic carbocycles. The highest BCUT2D eigenvalue weighted by Crippen LogP contribution is 2.20. The van der Waals surface area contributed by atoms with Gasteiger partial charge < -0.3 is 5.73 Å². The summed E-state index contributed by atoms with van der Waals surface area (Å²) in [6, 6.07) is 11.1. The standard InChI is InChI=1S/C13H11BrFNOS/c14-10-5-9(6-12(16)7-10)8-18(17)13-3-1-11(15)2-4-13/h1-7H,8,16H2. The highest BCUT2D eigenvalue weighted by Gasteiger charge is 2.06. The third kappa shape index (κ3) is 3.40. The maximum atomic E-state index is 12.8. The van der Waals surface area contributed by atoms with Crippen LogP contribution in [-0.4, -0.2) is 4.21 Å². The molecular formula is C13H11BrFNOS. The number of anilines is 1. The number of benzene rings is 2. The van der Waals surface area contributed by atoms with Crippen molar-refractivity contribution in [2.45, 2.75) is 10.6 Å². The van der Waals surface area contributed by atoms with Crippen LogP contribution in [-0.2, 0) is 16.6 Å². The van der Waals surface area contributed by atoms with Gasteiger partial charge in [-0.05, 0) is 48.0 Å². The van der Waals surface area contributed by atoms with E-state index >= 15 is 0 Å². The molecule has 0 aliphatic rings. The first-order valence-corrected chi connectivity index (χ1v) is 7.35. The first kappa shape index (κ1) is 13.2. The fraction of sp³-hybridized carbons (Fsp3) is 0.0769. The first-order valence-electron chi connectivity index (χ1n) is 5.23. The van der Waals surface area contributed by atoms with Gasteiger partial charge in [0.1, 0.15) is 5.82 Å². The molecule has 0 aliphatic carbocycles. The normalized spacial score (nSPS) is 12.3. The molecule has 2 rings (SSSR count). The predicted molar refractivity (Wildman–Crippen MR) is 75.1 cm³/mol. The maximum absolute atomic E-state index is 12.8. The monoisotopic (exact) mass is 327 g/mol. The van der Waals surface area contributed by atoms with Crippen LogP contribution < -0.4 is 5.73 Å². The summed E-state index contributed by atoms with van der Waals surface area (Å²) in [4.78, 5) is 0.606. The highest BCUT2D eigenvalue weighted by atomic mass is 79.9. The van der Waals surface area contributed by atoms with Crippen LogP contribution in [0.5, 0.6) is 0 Å². The minimum Gasteiger partial charge on any atom is -0.399 e. The quantitative estimate of drug-likeness (QED) is 0.877. The Morgan fingerprint density at radius 3 is 2.44 bits per heavy atom. The number of nitrogen functional groups attached to an aromatic ring is 1. The van der Waals surface area contributed by atoms with Gasteiger partial charge in [0.15, 0.2) is 0 Å². The predicted octanol–water partition coefficient (Wildman–Crippen LogP) is 3.48. The molecule has 0 amide bonds. The first-order chi connectivity index (χ1) is 8.54. The van der Waals surface area contributed by atoms with Crippen molar-refractivity contribution in [3.8, 4) is 0 Å².